The monoisotopic (exact) mass is 405 g/mol. The molecule has 2 aromatic carbocycles. The summed E-state index contributed by atoms with van der Waals surface area (Å²) in [5.41, 5.74) is 3.59. The van der Waals surface area contributed by atoms with Crippen LogP contribution in [0.1, 0.15) is 42.9 Å². The molecule has 0 aliphatic rings. The van der Waals surface area contributed by atoms with E-state index in [0.29, 0.717) is 6.61 Å². The highest BCUT2D eigenvalue weighted by molar-refractivity contribution is 9.10. The first kappa shape index (κ1) is 19.8. The number of nitrogens with one attached hydrogen (secondary N) is 1. The van der Waals surface area contributed by atoms with Crippen molar-refractivity contribution in [1.82, 2.24) is 5.32 Å². The number of hydrogen-bond donors (Lipinski definition) is 1. The molecule has 0 bridgehead atoms. The normalized spacial score (nSPS) is 10.7. The summed E-state index contributed by atoms with van der Waals surface area (Å²) in [7, 11) is 1.68. The number of ether oxygens (including phenoxy) is 2. The number of aryl methyl sites for hydroxylation is 1. The highest BCUT2D eigenvalue weighted by Crippen LogP contribution is 2.37. The Kier molecular flexibility index (Phi) is 8.29. The zero-order valence-electron chi connectivity index (χ0n) is 15.4. The minimum absolute atomic E-state index is 0.524. The van der Waals surface area contributed by atoms with Gasteiger partial charge in [-0.15, -0.1) is 0 Å². The third kappa shape index (κ3) is 6.05. The summed E-state index contributed by atoms with van der Waals surface area (Å²) in [6.07, 6.45) is 3.73. The fourth-order valence-electron chi connectivity index (χ4n) is 2.67. The SMILES string of the molecule is CCCCCNCc1cc(Br)c(OCc2ccccc2C)c(OC)c1. The van der Waals surface area contributed by atoms with E-state index in [2.05, 4.69) is 53.3 Å². The molecule has 0 fully saturated rings. The summed E-state index contributed by atoms with van der Waals surface area (Å²) in [5, 5.41) is 3.48. The molecule has 0 saturated heterocycles. The molecule has 136 valence electrons. The van der Waals surface area contributed by atoms with Gasteiger partial charge in [0.25, 0.3) is 0 Å². The lowest BCUT2D eigenvalue weighted by Crippen LogP contribution is -2.14. The molecule has 0 aromatic heterocycles. The van der Waals surface area contributed by atoms with Crippen LogP contribution in [-0.4, -0.2) is 13.7 Å². The van der Waals surface area contributed by atoms with Crippen LogP contribution in [0.2, 0.25) is 0 Å². The van der Waals surface area contributed by atoms with Crippen LogP contribution in [0.25, 0.3) is 0 Å². The van der Waals surface area contributed by atoms with Crippen molar-refractivity contribution < 1.29 is 9.47 Å². The quantitative estimate of drug-likeness (QED) is 0.519. The summed E-state index contributed by atoms with van der Waals surface area (Å²) in [6, 6.07) is 12.4. The van der Waals surface area contributed by atoms with Gasteiger partial charge < -0.3 is 14.8 Å². The van der Waals surface area contributed by atoms with E-state index >= 15 is 0 Å². The van der Waals surface area contributed by atoms with Crippen molar-refractivity contribution in [3.8, 4) is 11.5 Å². The molecule has 2 rings (SSSR count). The largest absolute Gasteiger partial charge is 0.493 e. The molecule has 4 heteroatoms. The third-order valence-corrected chi connectivity index (χ3v) is 4.80. The van der Waals surface area contributed by atoms with Gasteiger partial charge in [0.15, 0.2) is 11.5 Å². The van der Waals surface area contributed by atoms with E-state index in [4.69, 9.17) is 9.47 Å². The Morgan fingerprint density at radius 2 is 1.92 bits per heavy atom. The van der Waals surface area contributed by atoms with Gasteiger partial charge in [0.05, 0.1) is 11.6 Å². The van der Waals surface area contributed by atoms with Crippen LogP contribution < -0.4 is 14.8 Å². The average molecular weight is 406 g/mol. The number of hydrogen-bond acceptors (Lipinski definition) is 3. The van der Waals surface area contributed by atoms with Crippen LogP contribution in [-0.2, 0) is 13.2 Å². The second-order valence-corrected chi connectivity index (χ2v) is 7.06. The van der Waals surface area contributed by atoms with Gasteiger partial charge in [-0.2, -0.15) is 0 Å². The molecule has 0 unspecified atom stereocenters. The van der Waals surface area contributed by atoms with Crippen LogP contribution in [0.3, 0.4) is 0 Å². The first-order valence-electron chi connectivity index (χ1n) is 8.90. The van der Waals surface area contributed by atoms with Gasteiger partial charge in [0, 0.05) is 6.54 Å². The summed E-state index contributed by atoms with van der Waals surface area (Å²) in [5.74, 6) is 1.51. The van der Waals surface area contributed by atoms with E-state index in [9.17, 15) is 0 Å². The molecule has 2 aromatic rings. The van der Waals surface area contributed by atoms with E-state index in [1.807, 2.05) is 18.2 Å². The minimum Gasteiger partial charge on any atom is -0.493 e. The Labute approximate surface area is 159 Å². The fourth-order valence-corrected chi connectivity index (χ4v) is 3.27. The number of unbranched alkanes of at least 4 members (excludes halogenated alkanes) is 2. The highest BCUT2D eigenvalue weighted by Gasteiger charge is 2.12. The zero-order chi connectivity index (χ0) is 18.1. The molecule has 0 radical (unpaired) electrons. The summed E-state index contributed by atoms with van der Waals surface area (Å²) in [4.78, 5) is 0. The molecule has 0 aliphatic carbocycles. The number of methoxy groups -OCH3 is 1. The van der Waals surface area contributed by atoms with Gasteiger partial charge in [-0.05, 0) is 64.6 Å². The van der Waals surface area contributed by atoms with Gasteiger partial charge in [0.2, 0.25) is 0 Å². The number of benzene rings is 2. The number of rotatable bonds is 10. The lowest BCUT2D eigenvalue weighted by atomic mass is 10.1. The maximum absolute atomic E-state index is 6.05. The predicted molar refractivity (Wildman–Crippen MR) is 107 cm³/mol. The van der Waals surface area contributed by atoms with Crippen molar-refractivity contribution in [2.24, 2.45) is 0 Å². The molecule has 0 aliphatic heterocycles. The Balaban J connectivity index is 2.02. The molecule has 0 amide bonds. The first-order valence-corrected chi connectivity index (χ1v) is 9.69. The van der Waals surface area contributed by atoms with Crippen molar-refractivity contribution in [3.05, 3.63) is 57.6 Å². The minimum atomic E-state index is 0.524. The van der Waals surface area contributed by atoms with Crippen LogP contribution in [0, 0.1) is 6.92 Å². The maximum Gasteiger partial charge on any atom is 0.175 e. The van der Waals surface area contributed by atoms with Gasteiger partial charge in [-0.3, -0.25) is 0 Å². The number of halogens is 1. The zero-order valence-corrected chi connectivity index (χ0v) is 17.0. The highest BCUT2D eigenvalue weighted by atomic mass is 79.9. The van der Waals surface area contributed by atoms with E-state index in [0.717, 1.165) is 29.1 Å². The fraction of sp³-hybridized carbons (Fsp3) is 0.429. The Bertz CT molecular complexity index is 673. The lowest BCUT2D eigenvalue weighted by molar-refractivity contribution is 0.281. The molecule has 3 nitrogen and oxygen atoms in total. The van der Waals surface area contributed by atoms with E-state index in [1.54, 1.807) is 7.11 Å². The standard InChI is InChI=1S/C21H28BrNO2/c1-4-5-8-11-23-14-17-12-19(22)21(20(13-17)24-3)25-15-18-10-7-6-9-16(18)2/h6-7,9-10,12-13,23H,4-5,8,11,14-15H2,1-3H3. The molecule has 0 atom stereocenters. The van der Waals surface area contributed by atoms with E-state index in [1.165, 1.54) is 36.0 Å². The van der Waals surface area contributed by atoms with Gasteiger partial charge in [-0.25, -0.2) is 0 Å². The van der Waals surface area contributed by atoms with Crippen molar-refractivity contribution >= 4 is 15.9 Å². The van der Waals surface area contributed by atoms with E-state index < -0.39 is 0 Å². The van der Waals surface area contributed by atoms with Gasteiger partial charge >= 0.3 is 0 Å². The predicted octanol–water partition coefficient (Wildman–Crippen LogP) is 5.62. The first-order chi connectivity index (χ1) is 12.2. The smallest absolute Gasteiger partial charge is 0.175 e. The van der Waals surface area contributed by atoms with Crippen molar-refractivity contribution in [1.29, 1.82) is 0 Å². The molecule has 0 heterocycles. The van der Waals surface area contributed by atoms with Crippen molar-refractivity contribution in [2.75, 3.05) is 13.7 Å². The molecule has 25 heavy (non-hydrogen) atoms. The Hall–Kier alpha value is -1.52. The molecule has 0 spiro atoms. The summed E-state index contributed by atoms with van der Waals surface area (Å²) >= 11 is 3.63. The lowest BCUT2D eigenvalue weighted by Gasteiger charge is -2.15. The molecular formula is C21H28BrNO2. The van der Waals surface area contributed by atoms with Crippen LogP contribution in [0.15, 0.2) is 40.9 Å². The Morgan fingerprint density at radius 3 is 2.64 bits per heavy atom. The second-order valence-electron chi connectivity index (χ2n) is 6.21. The summed E-state index contributed by atoms with van der Waals surface area (Å²) in [6.45, 7) is 6.71. The van der Waals surface area contributed by atoms with Crippen molar-refractivity contribution in [2.45, 2.75) is 46.3 Å². The average Bonchev–Trinajstić information content (AvgIpc) is 2.61. The van der Waals surface area contributed by atoms with Gasteiger partial charge in [-0.1, -0.05) is 44.0 Å². The summed E-state index contributed by atoms with van der Waals surface area (Å²) < 4.78 is 12.5. The second kappa shape index (κ2) is 10.5. The van der Waals surface area contributed by atoms with E-state index in [-0.39, 0.29) is 0 Å². The molecular weight excluding hydrogens is 378 g/mol. The van der Waals surface area contributed by atoms with Crippen LogP contribution >= 0.6 is 15.9 Å². The van der Waals surface area contributed by atoms with Crippen LogP contribution in [0.4, 0.5) is 0 Å². The third-order valence-electron chi connectivity index (χ3n) is 4.21. The van der Waals surface area contributed by atoms with Crippen molar-refractivity contribution in [3.63, 3.8) is 0 Å². The van der Waals surface area contributed by atoms with Crippen LogP contribution in [0.5, 0.6) is 11.5 Å². The Morgan fingerprint density at radius 1 is 1.12 bits per heavy atom. The molecule has 1 N–H and O–H groups in total. The topological polar surface area (TPSA) is 30.5 Å². The maximum atomic E-state index is 6.05. The van der Waals surface area contributed by atoms with Gasteiger partial charge in [0.1, 0.15) is 6.61 Å². The molecule has 0 saturated carbocycles.